The Hall–Kier alpha value is -7.85. The molecule has 0 bridgehead atoms. The first-order valence-electron chi connectivity index (χ1n) is 23.5. The van der Waals surface area contributed by atoms with Crippen molar-refractivity contribution in [1.29, 1.82) is 0 Å². The number of nitrogens with one attached hydrogen (secondary N) is 2. The SMILES string of the molecule is CC(C)n1ccc(S(=O)(=O)N=C([O-])[n+]2ccc(N(C)C)cc2)n1.COc1cc(-c2ccc3c(c2N)CCC3)ccn1.COc1cc(-c2ccc3c(c2NC(=O)NS(=O)(=O)c2ccn(C(C)C)n2)CCC3)ccn1. The number of rotatable bonds is 12. The van der Waals surface area contributed by atoms with Crippen molar-refractivity contribution >= 4 is 49.2 Å². The first-order chi connectivity index (χ1) is 34.8. The van der Waals surface area contributed by atoms with E-state index in [0.717, 1.165) is 81.4 Å². The average molecular weight is 1030 g/mol. The van der Waals surface area contributed by atoms with E-state index in [1.807, 2.05) is 77.0 Å². The molecular weight excluding hydrogens is 973 g/mol. The molecule has 0 saturated heterocycles. The summed E-state index contributed by atoms with van der Waals surface area (Å²) >= 11 is 0. The molecule has 0 unspecified atom stereocenters. The van der Waals surface area contributed by atoms with E-state index in [-0.39, 0.29) is 22.1 Å². The Morgan fingerprint density at radius 1 is 0.740 bits per heavy atom. The predicted molar refractivity (Wildman–Crippen MR) is 276 cm³/mol. The Morgan fingerprint density at radius 3 is 1.81 bits per heavy atom. The van der Waals surface area contributed by atoms with Gasteiger partial charge in [-0.1, -0.05) is 24.3 Å². The van der Waals surface area contributed by atoms with Crippen molar-refractivity contribution in [2.75, 3.05) is 44.3 Å². The van der Waals surface area contributed by atoms with Gasteiger partial charge < -0.3 is 30.5 Å². The molecule has 0 spiro atoms. The second-order valence-corrected chi connectivity index (χ2v) is 21.1. The molecular formula is C51H60N12O8S2. The zero-order valence-corrected chi connectivity index (χ0v) is 43.6. The van der Waals surface area contributed by atoms with Crippen LogP contribution in [-0.2, 0) is 45.7 Å². The number of fused-ring (bicyclic) bond motifs is 2. The van der Waals surface area contributed by atoms with Crippen molar-refractivity contribution in [1.82, 2.24) is 34.3 Å². The number of carbonyl (C=O) groups excluding carboxylic acids is 1. The Bertz CT molecular complexity index is 3350. The van der Waals surface area contributed by atoms with Gasteiger partial charge in [-0.05, 0) is 124 Å². The number of pyridine rings is 3. The van der Waals surface area contributed by atoms with Gasteiger partial charge in [-0.15, -0.1) is 0 Å². The summed E-state index contributed by atoms with van der Waals surface area (Å²) in [4.78, 5) is 22.9. The zero-order valence-electron chi connectivity index (χ0n) is 42.0. The Labute approximate surface area is 425 Å². The lowest BCUT2D eigenvalue weighted by molar-refractivity contribution is -0.613. The summed E-state index contributed by atoms with van der Waals surface area (Å²) in [6.07, 6.45) is 15.5. The molecule has 0 atom stereocenters. The fourth-order valence-electron chi connectivity index (χ4n) is 8.23. The largest absolute Gasteiger partial charge is 0.806 e. The lowest BCUT2D eigenvalue weighted by Crippen LogP contribution is -2.51. The van der Waals surface area contributed by atoms with Gasteiger partial charge in [0, 0.05) is 102 Å². The van der Waals surface area contributed by atoms with Gasteiger partial charge in [-0.3, -0.25) is 9.36 Å². The van der Waals surface area contributed by atoms with Gasteiger partial charge in [-0.2, -0.15) is 27.0 Å². The van der Waals surface area contributed by atoms with Gasteiger partial charge in [-0.25, -0.2) is 24.1 Å². The van der Waals surface area contributed by atoms with Crippen molar-refractivity contribution in [3.05, 3.63) is 132 Å². The number of hydrogen-bond acceptors (Lipinski definition) is 14. The number of aromatic nitrogens is 7. The van der Waals surface area contributed by atoms with Gasteiger partial charge in [0.2, 0.25) is 16.8 Å². The van der Waals surface area contributed by atoms with Crippen LogP contribution >= 0.6 is 0 Å². The highest BCUT2D eigenvalue weighted by molar-refractivity contribution is 7.90. The zero-order chi connectivity index (χ0) is 52.6. The number of aryl methyl sites for hydroxylation is 2. The van der Waals surface area contributed by atoms with Crippen LogP contribution in [0.3, 0.4) is 0 Å². The third-order valence-corrected chi connectivity index (χ3v) is 14.5. The number of hydrogen-bond donors (Lipinski definition) is 3. The molecule has 2 aromatic carbocycles. The van der Waals surface area contributed by atoms with Crippen LogP contribution in [0.4, 0.5) is 21.9 Å². The number of amides is 2. The molecule has 5 heterocycles. The molecule has 0 fully saturated rings. The summed E-state index contributed by atoms with van der Waals surface area (Å²) in [5.41, 5.74) is 17.3. The lowest BCUT2D eigenvalue weighted by Gasteiger charge is -2.17. The molecule has 5 aromatic heterocycles. The molecule has 22 heteroatoms. The monoisotopic (exact) mass is 1030 g/mol. The third-order valence-electron chi connectivity index (χ3n) is 12.1. The fourth-order valence-corrected chi connectivity index (χ4v) is 9.89. The number of methoxy groups -OCH3 is 2. The molecule has 0 radical (unpaired) electrons. The minimum absolute atomic E-state index is 0.000375. The molecule has 9 rings (SSSR count). The molecule has 4 N–H and O–H groups in total. The molecule has 0 aliphatic heterocycles. The number of nitrogens with two attached hydrogens (primary N) is 1. The van der Waals surface area contributed by atoms with Crippen LogP contribution in [0.5, 0.6) is 11.8 Å². The predicted octanol–water partition coefficient (Wildman–Crippen LogP) is 6.13. The highest BCUT2D eigenvalue weighted by Gasteiger charge is 2.26. The number of benzene rings is 2. The van der Waals surface area contributed by atoms with Crippen LogP contribution in [0.15, 0.2) is 124 Å². The maximum Gasteiger partial charge on any atom is 0.388 e. The van der Waals surface area contributed by atoms with E-state index in [9.17, 15) is 26.7 Å². The Kier molecular flexibility index (Phi) is 16.5. The number of urea groups is 1. The Morgan fingerprint density at radius 2 is 1.26 bits per heavy atom. The number of nitrogen functional groups attached to an aromatic ring is 1. The standard InChI is InChI=1S/C22H25N5O4S.C15H16N2O.C14H19N5O3S/c1-14(2)27-12-10-20(25-27)32(29,30)26-22(28)24-21-17-6-4-5-15(17)7-8-18(21)16-9-11-23-19(13-16)31-3;1-18-14-9-11(7-8-17-14)13-6-5-10-3-2-4-12(10)15(13)16;1-11(2)19-10-7-13(15-19)23(21,22)16-14(20)18-8-5-12(6-9-18)17(3)4/h7-14H,4-6H2,1-3H3,(H2,24,26,28);5-9H,2-4,16H2,1H3;5-11H,1-4H3. The number of nitrogens with zero attached hydrogens (tertiary/aromatic N) is 9. The van der Waals surface area contributed by atoms with E-state index in [1.165, 1.54) is 64.7 Å². The molecule has 384 valence electrons. The second kappa shape index (κ2) is 22.7. The van der Waals surface area contributed by atoms with Crippen LogP contribution in [0.25, 0.3) is 22.3 Å². The van der Waals surface area contributed by atoms with Crippen molar-refractivity contribution in [3.63, 3.8) is 0 Å². The number of anilines is 3. The molecule has 0 saturated carbocycles. The summed E-state index contributed by atoms with van der Waals surface area (Å²) < 4.78 is 69.5. The van der Waals surface area contributed by atoms with Crippen molar-refractivity contribution in [2.24, 2.45) is 4.40 Å². The van der Waals surface area contributed by atoms with Crippen molar-refractivity contribution < 1.29 is 40.8 Å². The molecule has 20 nitrogen and oxygen atoms in total. The Balaban J connectivity index is 0.000000168. The van der Waals surface area contributed by atoms with Crippen LogP contribution in [0.2, 0.25) is 0 Å². The lowest BCUT2D eigenvalue weighted by atomic mass is 9.98. The van der Waals surface area contributed by atoms with Crippen molar-refractivity contribution in [3.8, 4) is 34.0 Å². The van der Waals surface area contributed by atoms with Crippen LogP contribution in [0.1, 0.15) is 74.9 Å². The highest BCUT2D eigenvalue weighted by atomic mass is 32.2. The molecule has 73 heavy (non-hydrogen) atoms. The molecule has 2 aliphatic carbocycles. The quantitative estimate of drug-likeness (QED) is 0.0539. The van der Waals surface area contributed by atoms with Gasteiger partial charge in [0.25, 0.3) is 16.0 Å². The summed E-state index contributed by atoms with van der Waals surface area (Å²) in [5.74, 6) is 1.06. The summed E-state index contributed by atoms with van der Waals surface area (Å²) in [6.45, 7) is 7.51. The van der Waals surface area contributed by atoms with E-state index < -0.39 is 32.1 Å². The van der Waals surface area contributed by atoms with Crippen LogP contribution in [-0.4, -0.2) is 86.7 Å². The van der Waals surface area contributed by atoms with Gasteiger partial charge in [0.15, 0.2) is 5.03 Å². The molecule has 7 aromatic rings. The van der Waals surface area contributed by atoms with E-state index in [2.05, 4.69) is 46.7 Å². The second-order valence-electron chi connectivity index (χ2n) is 17.9. The van der Waals surface area contributed by atoms with Crippen LogP contribution in [0, 0.1) is 0 Å². The fraction of sp³-hybridized carbons (Fsp3) is 0.314. The van der Waals surface area contributed by atoms with E-state index in [1.54, 1.807) is 43.9 Å². The minimum Gasteiger partial charge on any atom is -0.806 e. The third kappa shape index (κ3) is 12.6. The highest BCUT2D eigenvalue weighted by Crippen LogP contribution is 2.39. The molecule has 2 amide bonds. The molecule has 2 aliphatic rings. The topological polar surface area (TPSA) is 258 Å². The van der Waals surface area contributed by atoms with Crippen molar-refractivity contribution in [2.45, 2.75) is 88.4 Å². The average Bonchev–Trinajstić information content (AvgIpc) is 4.23. The first-order valence-corrected chi connectivity index (χ1v) is 26.4. The first kappa shape index (κ1) is 53.0. The number of sulfonamides is 2. The van der Waals surface area contributed by atoms with Gasteiger partial charge >= 0.3 is 16.1 Å². The minimum atomic E-state index is -4.13. The normalized spacial score (nSPS) is 13.0. The van der Waals surface area contributed by atoms with Gasteiger partial charge in [0.05, 0.1) is 32.3 Å². The maximum absolute atomic E-state index is 12.8. The van der Waals surface area contributed by atoms with E-state index in [4.69, 9.17) is 15.2 Å². The number of ether oxygens (including phenoxy) is 2. The smallest absolute Gasteiger partial charge is 0.388 e. The van der Waals surface area contributed by atoms with Crippen LogP contribution < -0.4 is 39.8 Å². The van der Waals surface area contributed by atoms with E-state index >= 15 is 0 Å². The summed E-state index contributed by atoms with van der Waals surface area (Å²) in [7, 11) is -1.37. The summed E-state index contributed by atoms with van der Waals surface area (Å²) in [6, 6.07) is 20.1. The maximum atomic E-state index is 12.8. The number of carbonyl (C=O) groups is 1. The van der Waals surface area contributed by atoms with Gasteiger partial charge in [0.1, 0.15) is 0 Å². The van der Waals surface area contributed by atoms with E-state index in [0.29, 0.717) is 17.4 Å². The summed E-state index contributed by atoms with van der Waals surface area (Å²) in [5, 5.41) is 22.3.